The summed E-state index contributed by atoms with van der Waals surface area (Å²) in [7, 11) is -3.78. The summed E-state index contributed by atoms with van der Waals surface area (Å²) < 4.78 is 28.5. The quantitative estimate of drug-likeness (QED) is 0.546. The van der Waals surface area contributed by atoms with Crippen molar-refractivity contribution >= 4 is 15.7 Å². The average Bonchev–Trinajstić information content (AvgIpc) is 2.88. The fourth-order valence-corrected chi connectivity index (χ4v) is 7.09. The van der Waals surface area contributed by atoms with Crippen LogP contribution in [0.25, 0.3) is 0 Å². The number of hydrogen-bond donors (Lipinski definition) is 1. The molecule has 2 aromatic rings. The fourth-order valence-electron chi connectivity index (χ4n) is 5.57. The van der Waals surface area contributed by atoms with Gasteiger partial charge in [-0.1, -0.05) is 74.9 Å². The minimum absolute atomic E-state index is 0.0528. The molecule has 2 saturated carbocycles. The number of aliphatic hydroxyl groups is 1. The van der Waals surface area contributed by atoms with E-state index in [2.05, 4.69) is 4.90 Å². The molecule has 6 heteroatoms. The minimum atomic E-state index is -3.78. The normalized spacial score (nSPS) is 19.5. The van der Waals surface area contributed by atoms with Crippen LogP contribution < -0.4 is 4.31 Å². The van der Waals surface area contributed by atoms with Crippen molar-refractivity contribution in [1.82, 2.24) is 4.90 Å². The zero-order chi connectivity index (χ0) is 23.1. The summed E-state index contributed by atoms with van der Waals surface area (Å²) in [6, 6.07) is 18.7. The van der Waals surface area contributed by atoms with Gasteiger partial charge in [-0.2, -0.15) is 0 Å². The van der Waals surface area contributed by atoms with Gasteiger partial charge < -0.3 is 5.11 Å². The molecule has 0 spiro atoms. The van der Waals surface area contributed by atoms with E-state index in [4.69, 9.17) is 0 Å². The second-order valence-corrected chi connectivity index (χ2v) is 11.5. The Hall–Kier alpha value is -1.89. The Kier molecular flexibility index (Phi) is 8.45. The Morgan fingerprint density at radius 3 is 1.73 bits per heavy atom. The van der Waals surface area contributed by atoms with E-state index >= 15 is 0 Å². The molecule has 0 aliphatic heterocycles. The van der Waals surface area contributed by atoms with Gasteiger partial charge in [0.1, 0.15) is 0 Å². The Labute approximate surface area is 199 Å². The molecule has 0 radical (unpaired) electrons. The highest BCUT2D eigenvalue weighted by Gasteiger charge is 2.32. The first-order valence-electron chi connectivity index (χ1n) is 12.6. The van der Waals surface area contributed by atoms with Crippen LogP contribution in [0.4, 0.5) is 5.69 Å². The van der Waals surface area contributed by atoms with E-state index in [0.717, 1.165) is 0 Å². The van der Waals surface area contributed by atoms with Crippen molar-refractivity contribution in [2.45, 2.75) is 87.3 Å². The molecule has 0 aromatic heterocycles. The molecule has 180 valence electrons. The maximum absolute atomic E-state index is 13.6. The number of nitrogens with zero attached hydrogens (tertiary/aromatic N) is 2. The second kappa shape index (κ2) is 11.5. The number of para-hydroxylation sites is 1. The van der Waals surface area contributed by atoms with E-state index in [9.17, 15) is 13.5 Å². The lowest BCUT2D eigenvalue weighted by Crippen LogP contribution is -2.51. The van der Waals surface area contributed by atoms with Gasteiger partial charge in [0.15, 0.2) is 0 Å². The van der Waals surface area contributed by atoms with Crippen molar-refractivity contribution in [1.29, 1.82) is 0 Å². The summed E-state index contributed by atoms with van der Waals surface area (Å²) in [5.41, 5.74) is 0.585. The Bertz CT molecular complexity index is 922. The number of anilines is 1. The molecular formula is C27H38N2O3S. The van der Waals surface area contributed by atoms with Crippen molar-refractivity contribution in [3.8, 4) is 0 Å². The highest BCUT2D eigenvalue weighted by Crippen LogP contribution is 2.31. The lowest BCUT2D eigenvalue weighted by Gasteiger charge is -2.43. The van der Waals surface area contributed by atoms with Gasteiger partial charge in [0.2, 0.25) is 0 Å². The molecule has 0 saturated heterocycles. The van der Waals surface area contributed by atoms with Crippen molar-refractivity contribution in [2.24, 2.45) is 0 Å². The van der Waals surface area contributed by atoms with E-state index in [0.29, 0.717) is 24.3 Å². The van der Waals surface area contributed by atoms with Crippen LogP contribution in [0.5, 0.6) is 0 Å². The Morgan fingerprint density at radius 2 is 1.21 bits per heavy atom. The highest BCUT2D eigenvalue weighted by atomic mass is 32.2. The van der Waals surface area contributed by atoms with Gasteiger partial charge in [-0.25, -0.2) is 8.42 Å². The summed E-state index contributed by atoms with van der Waals surface area (Å²) >= 11 is 0. The second-order valence-electron chi connectivity index (χ2n) is 9.62. The van der Waals surface area contributed by atoms with E-state index in [1.807, 2.05) is 24.3 Å². The van der Waals surface area contributed by atoms with Gasteiger partial charge in [-0.05, 0) is 49.9 Å². The summed E-state index contributed by atoms with van der Waals surface area (Å²) in [4.78, 5) is 2.79. The summed E-state index contributed by atoms with van der Waals surface area (Å²) in [6.07, 6.45) is 11.6. The van der Waals surface area contributed by atoms with Crippen LogP contribution >= 0.6 is 0 Å². The lowest BCUT2D eigenvalue weighted by atomic mass is 9.88. The predicted octanol–water partition coefficient (Wildman–Crippen LogP) is 5.21. The van der Waals surface area contributed by atoms with E-state index in [-0.39, 0.29) is 11.4 Å². The smallest absolute Gasteiger partial charge is 0.264 e. The third kappa shape index (κ3) is 6.17. The topological polar surface area (TPSA) is 60.9 Å². The predicted molar refractivity (Wildman–Crippen MR) is 134 cm³/mol. The molecule has 2 aliphatic carbocycles. The zero-order valence-corrected chi connectivity index (χ0v) is 20.4. The first kappa shape index (κ1) is 24.2. The van der Waals surface area contributed by atoms with Crippen LogP contribution in [0.1, 0.15) is 64.2 Å². The molecule has 1 atom stereocenters. The minimum Gasteiger partial charge on any atom is -0.390 e. The zero-order valence-electron chi connectivity index (χ0n) is 19.6. The number of sulfonamides is 1. The maximum atomic E-state index is 13.6. The summed E-state index contributed by atoms with van der Waals surface area (Å²) in [5.74, 6) is 0. The van der Waals surface area contributed by atoms with Crippen molar-refractivity contribution in [3.63, 3.8) is 0 Å². The molecule has 1 N–H and O–H groups in total. The molecule has 4 rings (SSSR count). The molecule has 0 unspecified atom stereocenters. The van der Waals surface area contributed by atoms with Crippen molar-refractivity contribution in [3.05, 3.63) is 60.7 Å². The Morgan fingerprint density at radius 1 is 0.727 bits per heavy atom. The molecule has 2 fully saturated rings. The van der Waals surface area contributed by atoms with E-state index in [1.54, 1.807) is 36.4 Å². The Balaban J connectivity index is 1.55. The van der Waals surface area contributed by atoms with Crippen LogP contribution in [0.2, 0.25) is 0 Å². The van der Waals surface area contributed by atoms with Gasteiger partial charge in [0.25, 0.3) is 10.0 Å². The third-order valence-corrected chi connectivity index (χ3v) is 9.07. The van der Waals surface area contributed by atoms with Gasteiger partial charge in [0, 0.05) is 18.6 Å². The van der Waals surface area contributed by atoms with Crippen LogP contribution in [0.3, 0.4) is 0 Å². The molecule has 0 bridgehead atoms. The monoisotopic (exact) mass is 470 g/mol. The standard InChI is InChI=1S/C27H38N2O3S/c30-26(21-28(23-13-5-1-6-14-23)24-15-7-2-8-16-24)22-29(25-17-9-3-10-18-25)33(31,32)27-19-11-4-12-20-27/h3-4,9-12,17-20,23-24,26,30H,1-2,5-8,13-16,21-22H2/t26-/m0/s1. The first-order chi connectivity index (χ1) is 16.1. The molecular weight excluding hydrogens is 432 g/mol. The third-order valence-electron chi connectivity index (χ3n) is 7.26. The average molecular weight is 471 g/mol. The molecule has 0 amide bonds. The van der Waals surface area contributed by atoms with E-state index in [1.165, 1.54) is 68.5 Å². The number of benzene rings is 2. The molecule has 2 aliphatic rings. The van der Waals surface area contributed by atoms with Crippen LogP contribution in [0, 0.1) is 0 Å². The number of rotatable bonds is 9. The summed E-state index contributed by atoms with van der Waals surface area (Å²) in [6.45, 7) is 0.583. The lowest BCUT2D eigenvalue weighted by molar-refractivity contribution is 0.0326. The van der Waals surface area contributed by atoms with Gasteiger partial charge in [-0.15, -0.1) is 0 Å². The van der Waals surface area contributed by atoms with Gasteiger partial charge in [-0.3, -0.25) is 9.21 Å². The molecule has 2 aromatic carbocycles. The van der Waals surface area contributed by atoms with Crippen LogP contribution in [0.15, 0.2) is 65.6 Å². The van der Waals surface area contributed by atoms with Gasteiger partial charge >= 0.3 is 0 Å². The summed E-state index contributed by atoms with van der Waals surface area (Å²) in [5, 5.41) is 11.3. The molecule has 0 heterocycles. The van der Waals surface area contributed by atoms with Crippen molar-refractivity contribution in [2.75, 3.05) is 17.4 Å². The van der Waals surface area contributed by atoms with Gasteiger partial charge in [0.05, 0.1) is 23.2 Å². The highest BCUT2D eigenvalue weighted by molar-refractivity contribution is 7.92. The van der Waals surface area contributed by atoms with Crippen LogP contribution in [-0.4, -0.2) is 49.7 Å². The number of hydrogen-bond acceptors (Lipinski definition) is 4. The van der Waals surface area contributed by atoms with E-state index < -0.39 is 16.1 Å². The first-order valence-corrected chi connectivity index (χ1v) is 14.1. The maximum Gasteiger partial charge on any atom is 0.264 e. The van der Waals surface area contributed by atoms with Crippen molar-refractivity contribution < 1.29 is 13.5 Å². The SMILES string of the molecule is O=S(=O)(c1ccccc1)N(C[C@@H](O)CN(C1CCCCC1)C1CCCCC1)c1ccccc1. The molecule has 5 nitrogen and oxygen atoms in total. The fraction of sp³-hybridized carbons (Fsp3) is 0.556. The molecule has 33 heavy (non-hydrogen) atoms. The largest absolute Gasteiger partial charge is 0.390 e. The van der Waals surface area contributed by atoms with Crippen LogP contribution in [-0.2, 0) is 10.0 Å². The number of aliphatic hydroxyl groups excluding tert-OH is 1.